The van der Waals surface area contributed by atoms with Gasteiger partial charge in [-0.3, -0.25) is 9.59 Å². The second-order valence-electron chi connectivity index (χ2n) is 11.9. The van der Waals surface area contributed by atoms with Crippen LogP contribution in [0.3, 0.4) is 0 Å². The molecule has 4 rings (SSSR count). The molecule has 0 saturated heterocycles. The fraction of sp³-hybridized carbons (Fsp3) is 0.382. The normalized spacial score (nSPS) is 17.4. The number of hydrogen-bond acceptors (Lipinski definition) is 5. The van der Waals surface area contributed by atoms with E-state index in [9.17, 15) is 14.4 Å². The van der Waals surface area contributed by atoms with Gasteiger partial charge >= 0.3 is 6.09 Å². The number of alkyl carbamates (subject to hydrolysis) is 1. The highest BCUT2D eigenvalue weighted by Crippen LogP contribution is 2.41. The minimum Gasteiger partial charge on any atom is -0.497 e. The third-order valence-corrected chi connectivity index (χ3v) is 7.19. The lowest BCUT2D eigenvalue weighted by atomic mass is 9.98. The first-order valence-electron chi connectivity index (χ1n) is 14.3. The van der Waals surface area contributed by atoms with Crippen molar-refractivity contribution < 1.29 is 23.9 Å². The maximum Gasteiger partial charge on any atom is 0.408 e. The molecule has 0 radical (unpaired) electrons. The van der Waals surface area contributed by atoms with Gasteiger partial charge in [-0.15, -0.1) is 0 Å². The molecule has 0 heterocycles. The van der Waals surface area contributed by atoms with Gasteiger partial charge in [0.05, 0.1) is 7.11 Å². The Kier molecular flexibility index (Phi) is 9.55. The molecule has 0 aromatic heterocycles. The largest absolute Gasteiger partial charge is 0.497 e. The van der Waals surface area contributed by atoms with Crippen LogP contribution in [-0.2, 0) is 20.7 Å². The Hall–Kier alpha value is -4.33. The van der Waals surface area contributed by atoms with E-state index in [4.69, 9.17) is 9.47 Å². The first-order chi connectivity index (χ1) is 19.9. The number of carbonyl (C=O) groups is 3. The van der Waals surface area contributed by atoms with E-state index in [-0.39, 0.29) is 30.2 Å². The molecule has 1 fully saturated rings. The monoisotopic (exact) mass is 571 g/mol. The molecular weight excluding hydrogens is 530 g/mol. The molecule has 3 aromatic rings. The number of nitrogens with zero attached hydrogens (tertiary/aromatic N) is 1. The SMILES string of the molecule is COc1ccc(NC(=O)C(c2cccc(C)c2)N(C(=O)C(Cc2ccccc2)NC(=O)OC(C)(C)C)C2CC2C)cc1. The number of rotatable bonds is 10. The molecule has 42 heavy (non-hydrogen) atoms. The Morgan fingerprint density at radius 2 is 1.64 bits per heavy atom. The number of hydrogen-bond donors (Lipinski definition) is 2. The number of nitrogens with one attached hydrogen (secondary N) is 2. The van der Waals surface area contributed by atoms with Gasteiger partial charge in [0.2, 0.25) is 5.91 Å². The van der Waals surface area contributed by atoms with Gasteiger partial charge in [0.25, 0.3) is 5.91 Å². The van der Waals surface area contributed by atoms with Crippen LogP contribution in [0.4, 0.5) is 10.5 Å². The van der Waals surface area contributed by atoms with Crippen LogP contribution in [0.1, 0.15) is 56.8 Å². The Balaban J connectivity index is 1.73. The summed E-state index contributed by atoms with van der Waals surface area (Å²) in [5.41, 5.74) is 2.40. The van der Waals surface area contributed by atoms with E-state index in [1.807, 2.05) is 61.5 Å². The molecule has 4 unspecified atom stereocenters. The molecule has 4 atom stereocenters. The van der Waals surface area contributed by atoms with Crippen molar-refractivity contribution in [3.63, 3.8) is 0 Å². The van der Waals surface area contributed by atoms with Gasteiger partial charge in [0, 0.05) is 18.2 Å². The van der Waals surface area contributed by atoms with E-state index < -0.39 is 23.8 Å². The number of carbonyl (C=O) groups excluding carboxylic acids is 3. The van der Waals surface area contributed by atoms with Gasteiger partial charge in [0.1, 0.15) is 23.4 Å². The Labute approximate surface area is 248 Å². The van der Waals surface area contributed by atoms with E-state index in [0.29, 0.717) is 17.0 Å². The lowest BCUT2D eigenvalue weighted by molar-refractivity contribution is -0.141. The van der Waals surface area contributed by atoms with Gasteiger partial charge in [-0.05, 0) is 75.4 Å². The predicted octanol–water partition coefficient (Wildman–Crippen LogP) is 6.06. The topological polar surface area (TPSA) is 97.0 Å². The van der Waals surface area contributed by atoms with E-state index in [1.54, 1.807) is 57.0 Å². The molecule has 1 saturated carbocycles. The van der Waals surface area contributed by atoms with E-state index >= 15 is 0 Å². The van der Waals surface area contributed by atoms with Crippen LogP contribution in [0.15, 0.2) is 78.9 Å². The summed E-state index contributed by atoms with van der Waals surface area (Å²) in [6.07, 6.45) is 0.321. The summed E-state index contributed by atoms with van der Waals surface area (Å²) in [6, 6.07) is 22.2. The first kappa shape index (κ1) is 30.6. The van der Waals surface area contributed by atoms with Crippen molar-refractivity contribution in [2.24, 2.45) is 5.92 Å². The molecule has 1 aliphatic carbocycles. The molecule has 2 N–H and O–H groups in total. The van der Waals surface area contributed by atoms with Gasteiger partial charge in [0.15, 0.2) is 0 Å². The van der Waals surface area contributed by atoms with Crippen molar-refractivity contribution in [2.75, 3.05) is 12.4 Å². The third-order valence-electron chi connectivity index (χ3n) is 7.19. The van der Waals surface area contributed by atoms with Crippen LogP contribution in [0.2, 0.25) is 0 Å². The van der Waals surface area contributed by atoms with Crippen LogP contribution in [0, 0.1) is 12.8 Å². The van der Waals surface area contributed by atoms with Crippen molar-refractivity contribution in [3.05, 3.63) is 95.6 Å². The predicted molar refractivity (Wildman–Crippen MR) is 163 cm³/mol. The zero-order valence-corrected chi connectivity index (χ0v) is 25.2. The Morgan fingerprint density at radius 1 is 0.976 bits per heavy atom. The molecule has 0 bridgehead atoms. The fourth-order valence-electron chi connectivity index (χ4n) is 5.02. The molecule has 0 spiro atoms. The van der Waals surface area contributed by atoms with Gasteiger partial charge in [-0.25, -0.2) is 4.79 Å². The molecule has 0 aliphatic heterocycles. The number of methoxy groups -OCH3 is 1. The summed E-state index contributed by atoms with van der Waals surface area (Å²) in [4.78, 5) is 43.3. The van der Waals surface area contributed by atoms with E-state index in [1.165, 1.54) is 0 Å². The van der Waals surface area contributed by atoms with Crippen LogP contribution >= 0.6 is 0 Å². The number of aryl methyl sites for hydroxylation is 1. The zero-order valence-electron chi connectivity index (χ0n) is 25.2. The Morgan fingerprint density at radius 3 is 2.21 bits per heavy atom. The summed E-state index contributed by atoms with van der Waals surface area (Å²) in [5.74, 6) is 0.196. The highest BCUT2D eigenvalue weighted by Gasteiger charge is 2.48. The van der Waals surface area contributed by atoms with Crippen LogP contribution in [-0.4, -0.2) is 47.6 Å². The fourth-order valence-corrected chi connectivity index (χ4v) is 5.02. The van der Waals surface area contributed by atoms with E-state index in [2.05, 4.69) is 17.6 Å². The summed E-state index contributed by atoms with van der Waals surface area (Å²) >= 11 is 0. The van der Waals surface area contributed by atoms with Crippen molar-refractivity contribution >= 4 is 23.6 Å². The molecule has 8 nitrogen and oxygen atoms in total. The van der Waals surface area contributed by atoms with Crippen LogP contribution in [0.25, 0.3) is 0 Å². The second-order valence-corrected chi connectivity index (χ2v) is 11.9. The van der Waals surface area contributed by atoms with Crippen LogP contribution < -0.4 is 15.4 Å². The summed E-state index contributed by atoms with van der Waals surface area (Å²) in [5, 5.41) is 5.82. The summed E-state index contributed by atoms with van der Waals surface area (Å²) in [7, 11) is 1.58. The van der Waals surface area contributed by atoms with Crippen molar-refractivity contribution in [1.82, 2.24) is 10.2 Å². The molecule has 3 aromatic carbocycles. The second kappa shape index (κ2) is 13.1. The molecule has 3 amide bonds. The van der Waals surface area contributed by atoms with Crippen molar-refractivity contribution in [2.45, 2.75) is 71.2 Å². The minimum absolute atomic E-state index is 0.164. The number of ether oxygens (including phenoxy) is 2. The average molecular weight is 572 g/mol. The first-order valence-corrected chi connectivity index (χ1v) is 14.3. The quantitative estimate of drug-likeness (QED) is 0.309. The highest BCUT2D eigenvalue weighted by molar-refractivity contribution is 5.99. The van der Waals surface area contributed by atoms with Crippen molar-refractivity contribution in [1.29, 1.82) is 0 Å². The van der Waals surface area contributed by atoms with Crippen molar-refractivity contribution in [3.8, 4) is 5.75 Å². The maximum atomic E-state index is 14.6. The van der Waals surface area contributed by atoms with Gasteiger partial charge in [-0.1, -0.05) is 67.1 Å². The summed E-state index contributed by atoms with van der Waals surface area (Å²) in [6.45, 7) is 9.34. The number of anilines is 1. The molecule has 1 aliphatic rings. The average Bonchev–Trinajstić information content (AvgIpc) is 3.66. The third kappa shape index (κ3) is 8.12. The lowest BCUT2D eigenvalue weighted by Gasteiger charge is -2.35. The molecule has 8 heteroatoms. The summed E-state index contributed by atoms with van der Waals surface area (Å²) < 4.78 is 10.8. The highest BCUT2D eigenvalue weighted by atomic mass is 16.6. The van der Waals surface area contributed by atoms with E-state index in [0.717, 1.165) is 17.5 Å². The van der Waals surface area contributed by atoms with Gasteiger partial charge < -0.3 is 25.0 Å². The minimum atomic E-state index is -0.948. The zero-order chi connectivity index (χ0) is 30.4. The lowest BCUT2D eigenvalue weighted by Crippen LogP contribution is -2.54. The maximum absolute atomic E-state index is 14.6. The molecule has 222 valence electrons. The number of benzene rings is 3. The van der Waals surface area contributed by atoms with Crippen LogP contribution in [0.5, 0.6) is 5.75 Å². The smallest absolute Gasteiger partial charge is 0.408 e. The Bertz CT molecular complexity index is 1380. The van der Waals surface area contributed by atoms with Gasteiger partial charge in [-0.2, -0.15) is 0 Å². The number of amides is 3. The molecular formula is C34H41N3O5. The standard InChI is InChI=1S/C34H41N3O5/c1-22-11-10-14-25(19-22)30(31(38)35-26-15-17-27(41-6)18-16-26)37(29-20-23(29)2)32(39)28(21-24-12-8-7-9-13-24)36-33(40)42-34(3,4)5/h7-19,23,28-30H,20-21H2,1-6H3,(H,35,38)(H,36,40).